The van der Waals surface area contributed by atoms with Gasteiger partial charge in [-0.05, 0) is 36.4 Å². The van der Waals surface area contributed by atoms with Gasteiger partial charge in [0.25, 0.3) is 0 Å². The van der Waals surface area contributed by atoms with Crippen molar-refractivity contribution in [1.82, 2.24) is 0 Å². The lowest BCUT2D eigenvalue weighted by Crippen LogP contribution is -2.59. The highest BCUT2D eigenvalue weighted by Crippen LogP contribution is 2.54. The smallest absolute Gasteiger partial charge is 0.228 e. The van der Waals surface area contributed by atoms with Gasteiger partial charge in [0, 0.05) is 28.8 Å². The monoisotopic (exact) mass is 626 g/mol. The summed E-state index contributed by atoms with van der Waals surface area (Å²) in [5, 5.41) is 82.6. The highest BCUT2D eigenvalue weighted by atomic mass is 16.7. The summed E-state index contributed by atoms with van der Waals surface area (Å²) in [6.07, 6.45) is -7.74. The number of aliphatic hydroxyl groups excluding tert-OH is 4. The molecule has 3 aromatic rings. The number of phenols is 4. The first-order valence-electron chi connectivity index (χ1n) is 13.7. The van der Waals surface area contributed by atoms with Crippen LogP contribution in [0, 0.1) is 0 Å². The fraction of sp³-hybridized carbons (Fsp3) is 0.290. The molecule has 1 fully saturated rings. The molecule has 45 heavy (non-hydrogen) atoms. The van der Waals surface area contributed by atoms with Crippen LogP contribution in [-0.2, 0) is 9.47 Å². The Morgan fingerprint density at radius 1 is 0.800 bits per heavy atom. The molecular formula is C31H30O14. The summed E-state index contributed by atoms with van der Waals surface area (Å²) in [5.74, 6) is -0.814. The van der Waals surface area contributed by atoms with Crippen LogP contribution in [0.25, 0.3) is 11.3 Å². The molecule has 0 amide bonds. The van der Waals surface area contributed by atoms with Gasteiger partial charge >= 0.3 is 0 Å². The van der Waals surface area contributed by atoms with Gasteiger partial charge in [-0.1, -0.05) is 0 Å². The minimum absolute atomic E-state index is 0.0163. The third kappa shape index (κ3) is 5.18. The molecule has 6 atom stereocenters. The average molecular weight is 627 g/mol. The van der Waals surface area contributed by atoms with Crippen molar-refractivity contribution in [3.05, 3.63) is 71.0 Å². The molecule has 3 heterocycles. The first kappa shape index (κ1) is 30.2. The average Bonchev–Trinajstić information content (AvgIpc) is 3.03. The van der Waals surface area contributed by atoms with Crippen molar-refractivity contribution >= 4 is 11.3 Å². The lowest BCUT2D eigenvalue weighted by Gasteiger charge is -2.42. The summed E-state index contributed by atoms with van der Waals surface area (Å²) in [5.41, 5.74) is 1.27. The Balaban J connectivity index is 1.59. The van der Waals surface area contributed by atoms with Crippen LogP contribution in [0.5, 0.6) is 46.0 Å². The zero-order valence-electron chi connectivity index (χ0n) is 23.8. The van der Waals surface area contributed by atoms with E-state index in [1.165, 1.54) is 56.7 Å². The van der Waals surface area contributed by atoms with Gasteiger partial charge in [0.1, 0.15) is 47.4 Å². The lowest BCUT2D eigenvalue weighted by molar-refractivity contribution is -0.293. The summed E-state index contributed by atoms with van der Waals surface area (Å²) in [4.78, 5) is 0. The Hall–Kier alpha value is -4.86. The SMILES string of the molecule is COc1cc(C2Oc3cc(O)cc4c3C(=C2O[C@@H]2O[C@H](CO)[C@@H](O)[C@H](O)[C@H]2O)C=C(c2ccc(O)c(O)c2)O4)cc(OC)c1O. The van der Waals surface area contributed by atoms with E-state index in [2.05, 4.69) is 0 Å². The predicted octanol–water partition coefficient (Wildman–Crippen LogP) is 1.62. The number of hydrogen-bond donors (Lipinski definition) is 8. The largest absolute Gasteiger partial charge is 0.508 e. The van der Waals surface area contributed by atoms with Gasteiger partial charge in [-0.25, -0.2) is 0 Å². The van der Waals surface area contributed by atoms with Crippen LogP contribution in [0.2, 0.25) is 0 Å². The van der Waals surface area contributed by atoms with Gasteiger partial charge in [-0.3, -0.25) is 0 Å². The number of aliphatic hydroxyl groups is 4. The van der Waals surface area contributed by atoms with Crippen molar-refractivity contribution in [3.8, 4) is 46.0 Å². The van der Waals surface area contributed by atoms with Gasteiger partial charge in [0.15, 0.2) is 34.9 Å². The highest BCUT2D eigenvalue weighted by Gasteiger charge is 2.47. The van der Waals surface area contributed by atoms with Crippen molar-refractivity contribution in [2.45, 2.75) is 36.8 Å². The second-order valence-electron chi connectivity index (χ2n) is 10.5. The number of phenolic OH excluding ortho intramolecular Hbond substituents is 4. The normalized spacial score (nSPS) is 25.4. The van der Waals surface area contributed by atoms with E-state index in [4.69, 9.17) is 28.4 Å². The van der Waals surface area contributed by atoms with E-state index in [0.29, 0.717) is 22.3 Å². The van der Waals surface area contributed by atoms with Crippen molar-refractivity contribution in [2.24, 2.45) is 0 Å². The zero-order valence-corrected chi connectivity index (χ0v) is 23.8. The van der Waals surface area contributed by atoms with Crippen LogP contribution in [-0.4, -0.2) is 92.4 Å². The Bertz CT molecular complexity index is 1670. The van der Waals surface area contributed by atoms with Gasteiger partial charge in [0.2, 0.25) is 12.0 Å². The van der Waals surface area contributed by atoms with Crippen LogP contribution in [0.1, 0.15) is 22.8 Å². The van der Waals surface area contributed by atoms with Crippen molar-refractivity contribution in [2.75, 3.05) is 20.8 Å². The topological polar surface area (TPSA) is 217 Å². The van der Waals surface area contributed by atoms with E-state index < -0.39 is 49.2 Å². The van der Waals surface area contributed by atoms with Crippen molar-refractivity contribution in [3.63, 3.8) is 0 Å². The van der Waals surface area contributed by atoms with Gasteiger partial charge in [0.05, 0.1) is 26.4 Å². The first-order valence-corrected chi connectivity index (χ1v) is 13.7. The fourth-order valence-electron chi connectivity index (χ4n) is 5.40. The number of hydrogen-bond acceptors (Lipinski definition) is 14. The molecule has 0 bridgehead atoms. The number of ether oxygens (including phenoxy) is 6. The Labute approximate surface area is 255 Å². The second-order valence-corrected chi connectivity index (χ2v) is 10.5. The molecule has 1 saturated heterocycles. The summed E-state index contributed by atoms with van der Waals surface area (Å²) >= 11 is 0. The maximum absolute atomic E-state index is 10.9. The number of methoxy groups -OCH3 is 2. The highest BCUT2D eigenvalue weighted by molar-refractivity contribution is 5.93. The molecule has 238 valence electrons. The van der Waals surface area contributed by atoms with E-state index in [0.717, 1.165) is 0 Å². The molecule has 1 unspecified atom stereocenters. The zero-order chi connectivity index (χ0) is 32.2. The molecule has 14 nitrogen and oxygen atoms in total. The predicted molar refractivity (Wildman–Crippen MR) is 153 cm³/mol. The quantitative estimate of drug-likeness (QED) is 0.175. The maximum Gasteiger partial charge on any atom is 0.228 e. The first-order chi connectivity index (χ1) is 21.5. The van der Waals surface area contributed by atoms with E-state index in [1.807, 2.05) is 0 Å². The van der Waals surface area contributed by atoms with Gasteiger partial charge < -0.3 is 69.3 Å². The molecule has 6 rings (SSSR count). The Morgan fingerprint density at radius 2 is 1.49 bits per heavy atom. The van der Waals surface area contributed by atoms with Crippen LogP contribution in [0.4, 0.5) is 0 Å². The Morgan fingerprint density at radius 3 is 2.13 bits per heavy atom. The molecule has 0 saturated carbocycles. The minimum Gasteiger partial charge on any atom is -0.508 e. The number of rotatable bonds is 7. The number of benzene rings is 3. The Kier molecular flexibility index (Phi) is 7.76. The molecule has 8 N–H and O–H groups in total. The van der Waals surface area contributed by atoms with Crippen molar-refractivity contribution < 1.29 is 69.3 Å². The standard InChI is InChI=1S/C31H30O14/c1-40-21-6-13(7-22(41-2)25(21)36)29-30(45-31-28(39)27(38)26(37)23(11-32)44-31)15-10-18(12-3-4-16(34)17(35)5-12)42-19-8-14(33)9-20(43-29)24(15)19/h3-10,23,26-29,31-39H,11H2,1-2H3/t23-,26-,27+,28-,29?,31+/m1/s1. The summed E-state index contributed by atoms with van der Waals surface area (Å²) in [7, 11) is 2.67. The molecule has 3 aromatic carbocycles. The third-order valence-corrected chi connectivity index (χ3v) is 7.72. The lowest BCUT2D eigenvalue weighted by atomic mass is 9.91. The summed E-state index contributed by atoms with van der Waals surface area (Å²) < 4.78 is 35.0. The summed E-state index contributed by atoms with van der Waals surface area (Å²) in [6.45, 7) is -0.697. The van der Waals surface area contributed by atoms with Crippen LogP contribution >= 0.6 is 0 Å². The van der Waals surface area contributed by atoms with Gasteiger partial charge in [-0.15, -0.1) is 0 Å². The number of aromatic hydroxyl groups is 4. The molecule has 0 aliphatic carbocycles. The molecule has 0 radical (unpaired) electrons. The molecular weight excluding hydrogens is 596 g/mol. The maximum atomic E-state index is 10.9. The fourth-order valence-corrected chi connectivity index (χ4v) is 5.40. The van der Waals surface area contributed by atoms with E-state index in [1.54, 1.807) is 6.08 Å². The van der Waals surface area contributed by atoms with E-state index in [9.17, 15) is 40.9 Å². The molecule has 0 spiro atoms. The molecule has 14 heteroatoms. The van der Waals surface area contributed by atoms with E-state index in [-0.39, 0.29) is 51.8 Å². The molecule has 0 aromatic heterocycles. The molecule has 3 aliphatic rings. The van der Waals surface area contributed by atoms with Crippen molar-refractivity contribution in [1.29, 1.82) is 0 Å². The van der Waals surface area contributed by atoms with Crippen LogP contribution < -0.4 is 18.9 Å². The minimum atomic E-state index is -1.78. The summed E-state index contributed by atoms with van der Waals surface area (Å²) in [6, 6.07) is 9.60. The number of allylic oxidation sites excluding steroid dienone is 2. The second kappa shape index (κ2) is 11.6. The molecule has 3 aliphatic heterocycles. The van der Waals surface area contributed by atoms with E-state index >= 15 is 0 Å². The van der Waals surface area contributed by atoms with Crippen LogP contribution in [0.3, 0.4) is 0 Å². The third-order valence-electron chi connectivity index (χ3n) is 7.72. The van der Waals surface area contributed by atoms with Crippen LogP contribution in [0.15, 0.2) is 54.3 Å². The van der Waals surface area contributed by atoms with Gasteiger partial charge in [-0.2, -0.15) is 0 Å².